The van der Waals surface area contributed by atoms with Crippen LogP contribution in [0.2, 0.25) is 0 Å². The third-order valence-corrected chi connectivity index (χ3v) is 5.26. The SMILES string of the molecule is CCc1ncc(Cc2ccc3cccc(OC(C)=O)c3n2)c2cc(OC)c(OC)cc12. The smallest absolute Gasteiger partial charge is 0.308 e. The molecular weight excluding hydrogens is 392 g/mol. The van der Waals surface area contributed by atoms with Crippen LogP contribution in [0.1, 0.15) is 30.8 Å². The number of ether oxygens (including phenoxy) is 3. The minimum absolute atomic E-state index is 0.369. The number of benzene rings is 2. The molecule has 0 spiro atoms. The van der Waals surface area contributed by atoms with Crippen molar-refractivity contribution in [2.24, 2.45) is 0 Å². The molecule has 2 heterocycles. The molecule has 0 radical (unpaired) electrons. The highest BCUT2D eigenvalue weighted by molar-refractivity contribution is 5.91. The van der Waals surface area contributed by atoms with E-state index in [0.29, 0.717) is 29.2 Å². The molecule has 0 saturated heterocycles. The summed E-state index contributed by atoms with van der Waals surface area (Å²) in [6.45, 7) is 3.47. The van der Waals surface area contributed by atoms with Crippen LogP contribution in [0.25, 0.3) is 21.7 Å². The third-order valence-electron chi connectivity index (χ3n) is 5.26. The fourth-order valence-corrected chi connectivity index (χ4v) is 3.79. The van der Waals surface area contributed by atoms with E-state index in [1.807, 2.05) is 42.6 Å². The number of nitrogens with zero attached hydrogens (tertiary/aromatic N) is 2. The Labute approximate surface area is 180 Å². The second kappa shape index (κ2) is 8.60. The van der Waals surface area contributed by atoms with Crippen LogP contribution in [0, 0.1) is 0 Å². The summed E-state index contributed by atoms with van der Waals surface area (Å²) < 4.78 is 16.4. The third kappa shape index (κ3) is 4.01. The van der Waals surface area contributed by atoms with Crippen LogP contribution in [0.15, 0.2) is 48.7 Å². The highest BCUT2D eigenvalue weighted by atomic mass is 16.5. The van der Waals surface area contributed by atoms with Crippen molar-refractivity contribution >= 4 is 27.6 Å². The Hall–Kier alpha value is -3.67. The van der Waals surface area contributed by atoms with E-state index < -0.39 is 0 Å². The summed E-state index contributed by atoms with van der Waals surface area (Å²) in [7, 11) is 3.26. The molecule has 0 unspecified atom stereocenters. The molecule has 6 heteroatoms. The number of methoxy groups -OCH3 is 2. The van der Waals surface area contributed by atoms with Gasteiger partial charge in [-0.3, -0.25) is 9.78 Å². The van der Waals surface area contributed by atoms with Crippen molar-refractivity contribution in [3.63, 3.8) is 0 Å². The molecule has 6 nitrogen and oxygen atoms in total. The highest BCUT2D eigenvalue weighted by Crippen LogP contribution is 2.35. The molecule has 0 aliphatic rings. The highest BCUT2D eigenvalue weighted by Gasteiger charge is 2.14. The standard InChI is InChI=1S/C25H24N2O4/c1-5-21-20-13-24(30-4)23(29-3)12-19(20)17(14-26-21)11-18-10-9-16-7-6-8-22(25(16)27-18)31-15(2)28/h6-10,12-14H,5,11H2,1-4H3. The lowest BCUT2D eigenvalue weighted by Crippen LogP contribution is -2.03. The second-order valence-corrected chi connectivity index (χ2v) is 7.24. The van der Waals surface area contributed by atoms with Crippen molar-refractivity contribution in [2.75, 3.05) is 14.2 Å². The molecule has 31 heavy (non-hydrogen) atoms. The normalized spacial score (nSPS) is 11.0. The lowest BCUT2D eigenvalue weighted by Gasteiger charge is -2.14. The van der Waals surface area contributed by atoms with Gasteiger partial charge in [-0.15, -0.1) is 0 Å². The quantitative estimate of drug-likeness (QED) is 0.330. The molecule has 2 aromatic carbocycles. The van der Waals surface area contributed by atoms with Gasteiger partial charge in [-0.1, -0.05) is 25.1 Å². The number of hydrogen-bond acceptors (Lipinski definition) is 6. The molecule has 0 amide bonds. The fraction of sp³-hybridized carbons (Fsp3) is 0.240. The van der Waals surface area contributed by atoms with Crippen LogP contribution in [0.3, 0.4) is 0 Å². The van der Waals surface area contributed by atoms with Crippen molar-refractivity contribution in [3.8, 4) is 17.2 Å². The van der Waals surface area contributed by atoms with Crippen LogP contribution in [-0.4, -0.2) is 30.2 Å². The molecule has 0 aliphatic carbocycles. The fourth-order valence-electron chi connectivity index (χ4n) is 3.79. The van der Waals surface area contributed by atoms with E-state index in [2.05, 4.69) is 11.9 Å². The van der Waals surface area contributed by atoms with Crippen LogP contribution < -0.4 is 14.2 Å². The summed E-state index contributed by atoms with van der Waals surface area (Å²) >= 11 is 0. The van der Waals surface area contributed by atoms with Gasteiger partial charge < -0.3 is 14.2 Å². The molecule has 0 bridgehead atoms. The summed E-state index contributed by atoms with van der Waals surface area (Å²) in [5, 5.41) is 3.01. The summed E-state index contributed by atoms with van der Waals surface area (Å²) in [6.07, 6.45) is 3.29. The number of fused-ring (bicyclic) bond motifs is 2. The van der Waals surface area contributed by atoms with Crippen molar-refractivity contribution in [3.05, 3.63) is 65.6 Å². The maximum absolute atomic E-state index is 11.5. The van der Waals surface area contributed by atoms with E-state index in [1.165, 1.54) is 6.92 Å². The van der Waals surface area contributed by atoms with Crippen LogP contribution in [-0.2, 0) is 17.6 Å². The molecule has 0 atom stereocenters. The van der Waals surface area contributed by atoms with Gasteiger partial charge in [0.15, 0.2) is 17.2 Å². The number of carbonyl (C=O) groups excluding carboxylic acids is 1. The number of carbonyl (C=O) groups is 1. The molecule has 2 aromatic heterocycles. The molecule has 158 valence electrons. The Kier molecular flexibility index (Phi) is 5.71. The number of aromatic nitrogens is 2. The van der Waals surface area contributed by atoms with E-state index in [-0.39, 0.29) is 5.97 Å². The summed E-state index contributed by atoms with van der Waals surface area (Å²) in [4.78, 5) is 20.9. The average molecular weight is 416 g/mol. The summed E-state index contributed by atoms with van der Waals surface area (Å²) in [5.74, 6) is 1.44. The molecule has 0 fully saturated rings. The Morgan fingerprint density at radius 2 is 1.71 bits per heavy atom. The Morgan fingerprint density at radius 3 is 2.39 bits per heavy atom. The van der Waals surface area contributed by atoms with Gasteiger partial charge in [-0.2, -0.15) is 0 Å². The number of esters is 1. The predicted molar refractivity (Wildman–Crippen MR) is 120 cm³/mol. The van der Waals surface area contributed by atoms with Gasteiger partial charge in [0.05, 0.1) is 14.2 Å². The van der Waals surface area contributed by atoms with Crippen LogP contribution >= 0.6 is 0 Å². The second-order valence-electron chi connectivity index (χ2n) is 7.24. The molecule has 0 aliphatic heterocycles. The Bertz CT molecular complexity index is 1280. The minimum atomic E-state index is -0.369. The maximum atomic E-state index is 11.5. The molecule has 4 rings (SSSR count). The summed E-state index contributed by atoms with van der Waals surface area (Å²) in [5.41, 5.74) is 3.56. The van der Waals surface area contributed by atoms with Gasteiger partial charge >= 0.3 is 5.97 Å². The monoisotopic (exact) mass is 416 g/mol. The van der Waals surface area contributed by atoms with Crippen molar-refractivity contribution in [1.29, 1.82) is 0 Å². The number of hydrogen-bond donors (Lipinski definition) is 0. The molecular formula is C25H24N2O4. The van der Waals surface area contributed by atoms with E-state index in [9.17, 15) is 4.79 Å². The van der Waals surface area contributed by atoms with Gasteiger partial charge in [-0.25, -0.2) is 4.98 Å². The summed E-state index contributed by atoms with van der Waals surface area (Å²) in [6, 6.07) is 13.5. The van der Waals surface area contributed by atoms with E-state index in [4.69, 9.17) is 19.2 Å². The average Bonchev–Trinajstić information content (AvgIpc) is 2.78. The minimum Gasteiger partial charge on any atom is -0.493 e. The van der Waals surface area contributed by atoms with E-state index in [0.717, 1.165) is 39.5 Å². The number of pyridine rings is 2. The van der Waals surface area contributed by atoms with Crippen molar-refractivity contribution < 1.29 is 19.0 Å². The number of rotatable bonds is 6. The zero-order valence-corrected chi connectivity index (χ0v) is 18.1. The maximum Gasteiger partial charge on any atom is 0.308 e. The van der Waals surface area contributed by atoms with Gasteiger partial charge in [0.25, 0.3) is 0 Å². The van der Waals surface area contributed by atoms with Crippen LogP contribution in [0.5, 0.6) is 17.2 Å². The Balaban J connectivity index is 1.83. The first-order chi connectivity index (χ1) is 15.0. The zero-order valence-electron chi connectivity index (χ0n) is 18.1. The first-order valence-corrected chi connectivity index (χ1v) is 10.1. The predicted octanol–water partition coefficient (Wildman–Crippen LogP) is 4.88. The lowest BCUT2D eigenvalue weighted by atomic mass is 9.99. The van der Waals surface area contributed by atoms with Gasteiger partial charge in [0.1, 0.15) is 5.52 Å². The van der Waals surface area contributed by atoms with Crippen molar-refractivity contribution in [2.45, 2.75) is 26.7 Å². The van der Waals surface area contributed by atoms with Crippen LogP contribution in [0.4, 0.5) is 0 Å². The largest absolute Gasteiger partial charge is 0.493 e. The Morgan fingerprint density at radius 1 is 0.968 bits per heavy atom. The van der Waals surface area contributed by atoms with E-state index >= 15 is 0 Å². The van der Waals surface area contributed by atoms with Gasteiger partial charge in [0.2, 0.25) is 0 Å². The number of para-hydroxylation sites is 1. The first-order valence-electron chi connectivity index (χ1n) is 10.1. The molecule has 0 saturated carbocycles. The van der Waals surface area contributed by atoms with Gasteiger partial charge in [0, 0.05) is 41.7 Å². The zero-order chi connectivity index (χ0) is 22.0. The first kappa shape index (κ1) is 20.6. The van der Waals surface area contributed by atoms with Gasteiger partial charge in [-0.05, 0) is 41.6 Å². The van der Waals surface area contributed by atoms with E-state index in [1.54, 1.807) is 20.3 Å². The topological polar surface area (TPSA) is 70.5 Å². The van der Waals surface area contributed by atoms with Crippen molar-refractivity contribution in [1.82, 2.24) is 9.97 Å². The molecule has 0 N–H and O–H groups in total. The number of aryl methyl sites for hydroxylation is 1. The lowest BCUT2D eigenvalue weighted by molar-refractivity contribution is -0.131. The molecule has 4 aromatic rings.